The lowest BCUT2D eigenvalue weighted by Gasteiger charge is -2.31. The third-order valence-corrected chi connectivity index (χ3v) is 5.99. The van der Waals surface area contributed by atoms with Gasteiger partial charge in [0.2, 0.25) is 0 Å². The number of benzene rings is 1. The van der Waals surface area contributed by atoms with Crippen molar-refractivity contribution in [2.24, 2.45) is 5.73 Å². The summed E-state index contributed by atoms with van der Waals surface area (Å²) in [5.41, 5.74) is 7.70. The van der Waals surface area contributed by atoms with Gasteiger partial charge in [0, 0.05) is 29.2 Å². The van der Waals surface area contributed by atoms with Crippen LogP contribution in [0.25, 0.3) is 0 Å². The molecule has 0 bridgehead atoms. The van der Waals surface area contributed by atoms with Crippen molar-refractivity contribution in [2.45, 2.75) is 11.8 Å². The van der Waals surface area contributed by atoms with Gasteiger partial charge in [-0.15, -0.1) is 11.8 Å². The van der Waals surface area contributed by atoms with Gasteiger partial charge in [0.05, 0.1) is 11.5 Å². The van der Waals surface area contributed by atoms with E-state index in [1.54, 1.807) is 11.8 Å². The SMILES string of the molecule is CCSc1cccc(N2CCS(=O)(=O)CC2)c1C(N)=S. The molecule has 2 N–H and O–H groups in total. The van der Waals surface area contributed by atoms with Crippen LogP contribution >= 0.6 is 24.0 Å². The quantitative estimate of drug-likeness (QED) is 0.669. The smallest absolute Gasteiger partial charge is 0.153 e. The summed E-state index contributed by atoms with van der Waals surface area (Å²) >= 11 is 6.88. The molecule has 1 fully saturated rings. The van der Waals surface area contributed by atoms with Crippen LogP contribution < -0.4 is 10.6 Å². The summed E-state index contributed by atoms with van der Waals surface area (Å²) in [4.78, 5) is 3.49. The molecule has 0 radical (unpaired) electrons. The van der Waals surface area contributed by atoms with Gasteiger partial charge >= 0.3 is 0 Å². The number of thioether (sulfide) groups is 1. The fourth-order valence-corrected chi connectivity index (χ4v) is 4.58. The van der Waals surface area contributed by atoms with Gasteiger partial charge in [0.1, 0.15) is 4.99 Å². The first-order valence-electron chi connectivity index (χ1n) is 6.45. The third kappa shape index (κ3) is 3.45. The zero-order valence-corrected chi connectivity index (χ0v) is 13.8. The van der Waals surface area contributed by atoms with E-state index in [0.29, 0.717) is 18.1 Å². The molecule has 1 aromatic carbocycles. The molecule has 0 atom stereocenters. The fourth-order valence-electron chi connectivity index (χ4n) is 2.26. The van der Waals surface area contributed by atoms with Crippen LogP contribution in [0.15, 0.2) is 23.1 Å². The average molecular weight is 331 g/mol. The Morgan fingerprint density at radius 1 is 1.40 bits per heavy atom. The van der Waals surface area contributed by atoms with Gasteiger partial charge in [-0.25, -0.2) is 8.42 Å². The molecule has 20 heavy (non-hydrogen) atoms. The Labute approximate surface area is 129 Å². The minimum Gasteiger partial charge on any atom is -0.389 e. The summed E-state index contributed by atoms with van der Waals surface area (Å²) in [6.45, 7) is 3.07. The molecule has 7 heteroatoms. The summed E-state index contributed by atoms with van der Waals surface area (Å²) < 4.78 is 23.1. The van der Waals surface area contributed by atoms with Crippen LogP contribution in [0.4, 0.5) is 5.69 Å². The van der Waals surface area contributed by atoms with Gasteiger partial charge in [-0.1, -0.05) is 25.2 Å². The lowest BCUT2D eigenvalue weighted by Crippen LogP contribution is -2.41. The second-order valence-corrected chi connectivity index (χ2v) is 8.64. The van der Waals surface area contributed by atoms with E-state index in [4.69, 9.17) is 18.0 Å². The van der Waals surface area contributed by atoms with Crippen LogP contribution in [0.3, 0.4) is 0 Å². The maximum Gasteiger partial charge on any atom is 0.153 e. The Morgan fingerprint density at radius 2 is 2.05 bits per heavy atom. The Bertz CT molecular complexity index is 600. The zero-order valence-electron chi connectivity index (χ0n) is 11.3. The molecule has 110 valence electrons. The molecule has 0 saturated carbocycles. The average Bonchev–Trinajstić information content (AvgIpc) is 2.38. The molecule has 0 aromatic heterocycles. The molecule has 0 spiro atoms. The highest BCUT2D eigenvalue weighted by atomic mass is 32.2. The number of nitrogens with zero attached hydrogens (tertiary/aromatic N) is 1. The normalized spacial score (nSPS) is 17.9. The van der Waals surface area contributed by atoms with Crippen molar-refractivity contribution in [1.29, 1.82) is 0 Å². The van der Waals surface area contributed by atoms with Crippen molar-refractivity contribution in [3.63, 3.8) is 0 Å². The van der Waals surface area contributed by atoms with Crippen molar-refractivity contribution in [1.82, 2.24) is 0 Å². The fraction of sp³-hybridized carbons (Fsp3) is 0.462. The number of hydrogen-bond acceptors (Lipinski definition) is 5. The predicted octanol–water partition coefficient (Wildman–Crippen LogP) is 1.67. The molecule has 4 nitrogen and oxygen atoms in total. The van der Waals surface area contributed by atoms with Gasteiger partial charge < -0.3 is 10.6 Å². The highest BCUT2D eigenvalue weighted by Crippen LogP contribution is 2.31. The summed E-state index contributed by atoms with van der Waals surface area (Å²) in [6.07, 6.45) is 0. The summed E-state index contributed by atoms with van der Waals surface area (Å²) in [5.74, 6) is 1.32. The van der Waals surface area contributed by atoms with E-state index < -0.39 is 9.84 Å². The highest BCUT2D eigenvalue weighted by Gasteiger charge is 2.24. The van der Waals surface area contributed by atoms with E-state index in [1.165, 1.54) is 0 Å². The lowest BCUT2D eigenvalue weighted by molar-refractivity contribution is 0.587. The van der Waals surface area contributed by atoms with Crippen LogP contribution in [0.1, 0.15) is 12.5 Å². The van der Waals surface area contributed by atoms with E-state index in [2.05, 4.69) is 11.8 Å². The molecule has 1 saturated heterocycles. The summed E-state index contributed by atoms with van der Waals surface area (Å²) in [5, 5.41) is 0. The van der Waals surface area contributed by atoms with Gasteiger partial charge in [0.15, 0.2) is 9.84 Å². The van der Waals surface area contributed by atoms with E-state index in [1.807, 2.05) is 18.2 Å². The van der Waals surface area contributed by atoms with Gasteiger partial charge in [-0.3, -0.25) is 0 Å². The van der Waals surface area contributed by atoms with Crippen LogP contribution in [-0.4, -0.2) is 43.8 Å². The molecule has 1 aliphatic rings. The van der Waals surface area contributed by atoms with Crippen LogP contribution in [0.2, 0.25) is 0 Å². The number of thiocarbonyl (C=S) groups is 1. The van der Waals surface area contributed by atoms with Crippen LogP contribution in [0.5, 0.6) is 0 Å². The molecule has 1 aromatic rings. The summed E-state index contributed by atoms with van der Waals surface area (Å²) in [6, 6.07) is 5.94. The first kappa shape index (κ1) is 15.6. The van der Waals surface area contributed by atoms with Crippen LogP contribution in [0, 0.1) is 0 Å². The number of anilines is 1. The highest BCUT2D eigenvalue weighted by molar-refractivity contribution is 7.99. The molecule has 0 unspecified atom stereocenters. The maximum atomic E-state index is 11.5. The molecular formula is C13H18N2O2S3. The minimum absolute atomic E-state index is 0.189. The van der Waals surface area contributed by atoms with E-state index in [0.717, 1.165) is 21.9 Å². The second-order valence-electron chi connectivity index (χ2n) is 4.59. The molecule has 1 aliphatic heterocycles. The third-order valence-electron chi connectivity index (χ3n) is 3.24. The number of sulfone groups is 1. The molecular weight excluding hydrogens is 312 g/mol. The minimum atomic E-state index is -2.89. The van der Waals surface area contributed by atoms with Gasteiger partial charge in [-0.05, 0) is 17.9 Å². The Morgan fingerprint density at radius 3 is 2.60 bits per heavy atom. The van der Waals surface area contributed by atoms with Crippen molar-refractivity contribution in [3.05, 3.63) is 23.8 Å². The van der Waals surface area contributed by atoms with Gasteiger partial charge in [0.25, 0.3) is 0 Å². The predicted molar refractivity (Wildman–Crippen MR) is 89.6 cm³/mol. The van der Waals surface area contributed by atoms with Crippen molar-refractivity contribution in [3.8, 4) is 0 Å². The second kappa shape index (κ2) is 6.32. The van der Waals surface area contributed by atoms with E-state index >= 15 is 0 Å². The Kier molecular flexibility index (Phi) is 4.93. The van der Waals surface area contributed by atoms with E-state index in [-0.39, 0.29) is 11.5 Å². The van der Waals surface area contributed by atoms with E-state index in [9.17, 15) is 8.42 Å². The first-order chi connectivity index (χ1) is 9.44. The van der Waals surface area contributed by atoms with Gasteiger partial charge in [-0.2, -0.15) is 0 Å². The maximum absolute atomic E-state index is 11.5. The standard InChI is InChI=1S/C13H18N2O2S3/c1-2-19-11-5-3-4-10(12(11)13(14)18)15-6-8-20(16,17)9-7-15/h3-5H,2,6-9H2,1H3,(H2,14,18). The zero-order chi connectivity index (χ0) is 14.8. The van der Waals surface area contributed by atoms with Crippen molar-refractivity contribution < 1.29 is 8.42 Å². The molecule has 0 aliphatic carbocycles. The van der Waals surface area contributed by atoms with Crippen molar-refractivity contribution >= 4 is 44.5 Å². The number of nitrogens with two attached hydrogens (primary N) is 1. The lowest BCUT2D eigenvalue weighted by atomic mass is 10.1. The van der Waals surface area contributed by atoms with Crippen LogP contribution in [-0.2, 0) is 9.84 Å². The largest absolute Gasteiger partial charge is 0.389 e. The Balaban J connectivity index is 2.36. The Hall–Kier alpha value is -0.790. The number of hydrogen-bond donors (Lipinski definition) is 1. The number of rotatable bonds is 4. The first-order valence-corrected chi connectivity index (χ1v) is 9.67. The molecule has 1 heterocycles. The van der Waals surface area contributed by atoms with Crippen molar-refractivity contribution in [2.75, 3.05) is 35.2 Å². The molecule has 0 amide bonds. The summed E-state index contributed by atoms with van der Waals surface area (Å²) in [7, 11) is -2.89. The topological polar surface area (TPSA) is 63.4 Å². The monoisotopic (exact) mass is 330 g/mol. The molecule has 2 rings (SSSR count).